The molecule has 0 saturated carbocycles. The number of halogens is 1. The molecular weight excluding hydrogens is 348 g/mol. The average molecular weight is 367 g/mol. The second-order valence-electron chi connectivity index (χ2n) is 5.30. The van der Waals surface area contributed by atoms with Crippen LogP contribution >= 0.6 is 22.9 Å². The molecule has 24 heavy (non-hydrogen) atoms. The first-order valence-electron chi connectivity index (χ1n) is 7.49. The van der Waals surface area contributed by atoms with Crippen molar-refractivity contribution in [1.82, 2.24) is 10.9 Å². The fraction of sp³-hybridized carbons (Fsp3) is 0.294. The second-order valence-corrected chi connectivity index (χ2v) is 6.65. The molecule has 0 unspecified atom stereocenters. The van der Waals surface area contributed by atoms with Gasteiger partial charge in [-0.1, -0.05) is 11.6 Å². The summed E-state index contributed by atoms with van der Waals surface area (Å²) in [7, 11) is 0. The summed E-state index contributed by atoms with van der Waals surface area (Å²) in [6, 6.07) is 7.25. The van der Waals surface area contributed by atoms with E-state index in [0.29, 0.717) is 22.9 Å². The first kappa shape index (κ1) is 18.3. The van der Waals surface area contributed by atoms with Gasteiger partial charge in [-0.25, -0.2) is 0 Å². The topological polar surface area (TPSA) is 67.4 Å². The third-order valence-electron chi connectivity index (χ3n) is 3.33. The number of nitrogens with one attached hydrogen (secondary N) is 2. The smallest absolute Gasteiger partial charge is 0.280 e. The van der Waals surface area contributed by atoms with Gasteiger partial charge < -0.3 is 4.74 Å². The highest BCUT2D eigenvalue weighted by Crippen LogP contribution is 2.21. The number of hydrazine groups is 1. The molecule has 2 N–H and O–H groups in total. The Morgan fingerprint density at radius 3 is 2.62 bits per heavy atom. The van der Waals surface area contributed by atoms with Crippen molar-refractivity contribution in [2.45, 2.75) is 26.7 Å². The van der Waals surface area contributed by atoms with E-state index in [9.17, 15) is 9.59 Å². The van der Waals surface area contributed by atoms with Crippen molar-refractivity contribution in [3.8, 4) is 5.75 Å². The number of amides is 2. The summed E-state index contributed by atoms with van der Waals surface area (Å²) < 4.78 is 5.62. The van der Waals surface area contributed by atoms with E-state index in [1.54, 1.807) is 12.1 Å². The predicted octanol–water partition coefficient (Wildman–Crippen LogP) is 3.64. The minimum atomic E-state index is -0.302. The van der Waals surface area contributed by atoms with Gasteiger partial charge in [-0.15, -0.1) is 11.3 Å². The third kappa shape index (κ3) is 5.25. The second kappa shape index (κ2) is 8.70. The van der Waals surface area contributed by atoms with Crippen LogP contribution in [0.15, 0.2) is 29.6 Å². The summed E-state index contributed by atoms with van der Waals surface area (Å²) in [5.74, 6) is 0.194. The largest absolute Gasteiger partial charge is 0.493 e. The van der Waals surface area contributed by atoms with Crippen LogP contribution in [0.4, 0.5) is 0 Å². The standard InChI is InChI=1S/C17H19ClN2O3S/c1-11-7-9-24-16(11)17(22)20-19-15(21)4-3-8-23-14-6-5-13(18)10-12(14)2/h5-7,9-10H,3-4,8H2,1-2H3,(H,19,21)(H,20,22). The lowest BCUT2D eigenvalue weighted by atomic mass is 10.2. The number of carbonyl (C=O) groups is 2. The highest BCUT2D eigenvalue weighted by Gasteiger charge is 2.11. The molecule has 0 aliphatic carbocycles. The van der Waals surface area contributed by atoms with Crippen molar-refractivity contribution >= 4 is 34.8 Å². The number of ether oxygens (including phenoxy) is 1. The fourth-order valence-electron chi connectivity index (χ4n) is 2.04. The first-order chi connectivity index (χ1) is 11.5. The Bertz CT molecular complexity index is 730. The molecule has 0 bridgehead atoms. The van der Waals surface area contributed by atoms with Crippen LogP contribution in [0.3, 0.4) is 0 Å². The summed E-state index contributed by atoms with van der Waals surface area (Å²) in [5, 5.41) is 2.50. The minimum Gasteiger partial charge on any atom is -0.493 e. The molecule has 7 heteroatoms. The Morgan fingerprint density at radius 2 is 1.96 bits per heavy atom. The van der Waals surface area contributed by atoms with Gasteiger partial charge >= 0.3 is 0 Å². The molecule has 0 saturated heterocycles. The van der Waals surface area contributed by atoms with E-state index in [-0.39, 0.29) is 18.2 Å². The van der Waals surface area contributed by atoms with Crippen molar-refractivity contribution in [1.29, 1.82) is 0 Å². The number of hydrogen-bond acceptors (Lipinski definition) is 4. The maximum Gasteiger partial charge on any atom is 0.280 e. The number of rotatable bonds is 6. The Kier molecular flexibility index (Phi) is 6.63. The number of aryl methyl sites for hydroxylation is 2. The molecule has 5 nitrogen and oxygen atoms in total. The molecule has 0 atom stereocenters. The maximum atomic E-state index is 11.9. The van der Waals surface area contributed by atoms with Gasteiger partial charge in [-0.3, -0.25) is 20.4 Å². The molecule has 0 aliphatic rings. The van der Waals surface area contributed by atoms with Gasteiger partial charge in [0.1, 0.15) is 5.75 Å². The average Bonchev–Trinajstić information content (AvgIpc) is 2.97. The van der Waals surface area contributed by atoms with Gasteiger partial charge in [0.05, 0.1) is 11.5 Å². The quantitative estimate of drug-likeness (QED) is 0.605. The van der Waals surface area contributed by atoms with Crippen LogP contribution in [0.25, 0.3) is 0 Å². The monoisotopic (exact) mass is 366 g/mol. The normalized spacial score (nSPS) is 10.3. The number of carbonyl (C=O) groups excluding carboxylic acids is 2. The van der Waals surface area contributed by atoms with Crippen molar-refractivity contribution in [3.63, 3.8) is 0 Å². The zero-order valence-corrected chi connectivity index (χ0v) is 15.1. The Labute approximate surface area is 149 Å². The van der Waals surface area contributed by atoms with Crippen molar-refractivity contribution in [2.24, 2.45) is 0 Å². The first-order valence-corrected chi connectivity index (χ1v) is 8.75. The van der Waals surface area contributed by atoms with Gasteiger partial charge in [-0.05, 0) is 61.0 Å². The zero-order chi connectivity index (χ0) is 17.5. The molecule has 2 rings (SSSR count). The molecule has 1 aromatic carbocycles. The fourth-order valence-corrected chi connectivity index (χ4v) is 3.09. The van der Waals surface area contributed by atoms with Crippen LogP contribution in [0.2, 0.25) is 5.02 Å². The lowest BCUT2D eigenvalue weighted by Gasteiger charge is -2.10. The van der Waals surface area contributed by atoms with Crippen molar-refractivity contribution in [3.05, 3.63) is 50.7 Å². The lowest BCUT2D eigenvalue weighted by Crippen LogP contribution is -2.41. The minimum absolute atomic E-state index is 0.256. The summed E-state index contributed by atoms with van der Waals surface area (Å²) >= 11 is 7.22. The van der Waals surface area contributed by atoms with Crippen LogP contribution in [-0.4, -0.2) is 18.4 Å². The third-order valence-corrected chi connectivity index (χ3v) is 4.58. The maximum absolute atomic E-state index is 11.9. The van der Waals surface area contributed by atoms with Crippen LogP contribution in [0.5, 0.6) is 5.75 Å². The van der Waals surface area contributed by atoms with E-state index < -0.39 is 0 Å². The van der Waals surface area contributed by atoms with E-state index in [4.69, 9.17) is 16.3 Å². The van der Waals surface area contributed by atoms with Crippen LogP contribution in [-0.2, 0) is 4.79 Å². The van der Waals surface area contributed by atoms with E-state index in [1.807, 2.05) is 31.4 Å². The van der Waals surface area contributed by atoms with E-state index in [2.05, 4.69) is 10.9 Å². The Morgan fingerprint density at radius 1 is 1.17 bits per heavy atom. The molecule has 2 amide bonds. The number of hydrogen-bond donors (Lipinski definition) is 2. The molecule has 0 fully saturated rings. The molecule has 0 radical (unpaired) electrons. The van der Waals surface area contributed by atoms with Gasteiger partial charge in [0.15, 0.2) is 0 Å². The van der Waals surface area contributed by atoms with Crippen molar-refractivity contribution in [2.75, 3.05) is 6.61 Å². The van der Waals surface area contributed by atoms with Gasteiger partial charge in [0.25, 0.3) is 5.91 Å². The van der Waals surface area contributed by atoms with E-state index in [0.717, 1.165) is 16.9 Å². The highest BCUT2D eigenvalue weighted by molar-refractivity contribution is 7.12. The summed E-state index contributed by atoms with van der Waals surface area (Å²) in [6.07, 6.45) is 0.804. The van der Waals surface area contributed by atoms with Crippen molar-refractivity contribution < 1.29 is 14.3 Å². The predicted molar refractivity (Wildman–Crippen MR) is 95.6 cm³/mol. The summed E-state index contributed by atoms with van der Waals surface area (Å²) in [6.45, 7) is 4.17. The Hall–Kier alpha value is -2.05. The summed E-state index contributed by atoms with van der Waals surface area (Å²) in [4.78, 5) is 24.2. The summed E-state index contributed by atoms with van der Waals surface area (Å²) in [5.41, 5.74) is 6.66. The molecule has 2 aromatic rings. The molecule has 0 spiro atoms. The van der Waals surface area contributed by atoms with Crippen LogP contribution < -0.4 is 15.6 Å². The van der Waals surface area contributed by atoms with Crippen LogP contribution in [0.1, 0.15) is 33.6 Å². The van der Waals surface area contributed by atoms with E-state index >= 15 is 0 Å². The number of thiophene rings is 1. The highest BCUT2D eigenvalue weighted by atomic mass is 35.5. The lowest BCUT2D eigenvalue weighted by molar-refractivity contribution is -0.122. The molecule has 0 aliphatic heterocycles. The molecule has 128 valence electrons. The molecule has 1 heterocycles. The van der Waals surface area contributed by atoms with Gasteiger partial charge in [0, 0.05) is 11.4 Å². The Balaban J connectivity index is 1.66. The molecular formula is C17H19ClN2O3S. The molecule has 1 aromatic heterocycles. The number of benzene rings is 1. The van der Waals surface area contributed by atoms with Crippen LogP contribution in [0, 0.1) is 13.8 Å². The SMILES string of the molecule is Cc1cc(Cl)ccc1OCCCC(=O)NNC(=O)c1sccc1C. The van der Waals surface area contributed by atoms with E-state index in [1.165, 1.54) is 11.3 Å². The van der Waals surface area contributed by atoms with Gasteiger partial charge in [0.2, 0.25) is 5.91 Å². The zero-order valence-electron chi connectivity index (χ0n) is 13.5. The van der Waals surface area contributed by atoms with Gasteiger partial charge in [-0.2, -0.15) is 0 Å².